The highest BCUT2D eigenvalue weighted by atomic mass is 19.3. The van der Waals surface area contributed by atoms with E-state index in [9.17, 15) is 36.6 Å². The summed E-state index contributed by atoms with van der Waals surface area (Å²) in [6.45, 7) is -0.719. The summed E-state index contributed by atoms with van der Waals surface area (Å²) in [5.74, 6) is -3.54. The molecular weight excluding hydrogens is 477 g/mol. The van der Waals surface area contributed by atoms with Crippen LogP contribution in [0.2, 0.25) is 0 Å². The standard InChI is InChI=1S/C23H20F5N3O4/c1-30(23(34)29-11-2-3-15(24)14(6-11)21(27)28)18-9-35-10-19-20(18)12-7-16(25)17(26)8-13(12)22(33)31(19)4-5-32/h2-3,6-8,18,21,32H,4-5,9-10H2,1H3,(H,29,34)/t18-/m1/s1. The molecule has 0 radical (unpaired) electrons. The van der Waals surface area contributed by atoms with Crippen molar-refractivity contribution < 1.29 is 36.6 Å². The molecule has 2 aromatic carbocycles. The van der Waals surface area contributed by atoms with E-state index in [2.05, 4.69) is 5.32 Å². The molecule has 35 heavy (non-hydrogen) atoms. The number of rotatable bonds is 5. The van der Waals surface area contributed by atoms with Crippen LogP contribution >= 0.6 is 0 Å². The van der Waals surface area contributed by atoms with Crippen LogP contribution < -0.4 is 10.9 Å². The molecule has 0 saturated heterocycles. The van der Waals surface area contributed by atoms with E-state index in [1.54, 1.807) is 0 Å². The minimum absolute atomic E-state index is 0.0754. The summed E-state index contributed by atoms with van der Waals surface area (Å²) in [7, 11) is 1.36. The summed E-state index contributed by atoms with van der Waals surface area (Å²) in [6.07, 6.45) is -3.09. The summed E-state index contributed by atoms with van der Waals surface area (Å²) >= 11 is 0. The maximum absolute atomic E-state index is 14.2. The second-order valence-corrected chi connectivity index (χ2v) is 7.96. The van der Waals surface area contributed by atoms with Gasteiger partial charge in [-0.3, -0.25) is 4.79 Å². The number of carbonyl (C=O) groups excluding carboxylic acids is 1. The Hall–Kier alpha value is -3.51. The van der Waals surface area contributed by atoms with Crippen LogP contribution in [0.15, 0.2) is 35.1 Å². The number of halogens is 5. The van der Waals surface area contributed by atoms with E-state index in [1.807, 2.05) is 0 Å². The van der Waals surface area contributed by atoms with Gasteiger partial charge in [0.05, 0.1) is 42.5 Å². The maximum Gasteiger partial charge on any atom is 0.322 e. The van der Waals surface area contributed by atoms with E-state index in [1.165, 1.54) is 11.6 Å². The SMILES string of the molecule is CN(C(=O)Nc1ccc(F)c(C(F)F)c1)[C@@H]1COCc2c1c1cc(F)c(F)cc1c(=O)n2CCO. The molecule has 2 heterocycles. The van der Waals surface area contributed by atoms with Crippen molar-refractivity contribution in [1.29, 1.82) is 0 Å². The third-order valence-electron chi connectivity index (χ3n) is 5.90. The predicted octanol–water partition coefficient (Wildman–Crippen LogP) is 4.08. The lowest BCUT2D eigenvalue weighted by Crippen LogP contribution is -2.41. The predicted molar refractivity (Wildman–Crippen MR) is 116 cm³/mol. The number of hydrogen-bond acceptors (Lipinski definition) is 4. The Morgan fingerprint density at radius 1 is 1.17 bits per heavy atom. The number of aliphatic hydroxyl groups excluding tert-OH is 1. The van der Waals surface area contributed by atoms with Crippen LogP contribution in [0, 0.1) is 17.5 Å². The molecule has 0 bridgehead atoms. The van der Waals surface area contributed by atoms with E-state index >= 15 is 0 Å². The number of alkyl halides is 2. The molecule has 1 atom stereocenters. The van der Waals surface area contributed by atoms with Gasteiger partial charge in [0.2, 0.25) is 0 Å². The fourth-order valence-electron chi connectivity index (χ4n) is 4.18. The first-order valence-electron chi connectivity index (χ1n) is 10.5. The fraction of sp³-hybridized carbons (Fsp3) is 0.304. The topological polar surface area (TPSA) is 83.8 Å². The molecule has 0 fully saturated rings. The van der Waals surface area contributed by atoms with E-state index < -0.39 is 53.7 Å². The van der Waals surface area contributed by atoms with Gasteiger partial charge in [-0.05, 0) is 35.7 Å². The van der Waals surface area contributed by atoms with Crippen molar-refractivity contribution >= 4 is 22.5 Å². The summed E-state index contributed by atoms with van der Waals surface area (Å²) in [5, 5.41) is 11.8. The first-order valence-corrected chi connectivity index (χ1v) is 10.5. The number of amides is 2. The number of aromatic nitrogens is 1. The van der Waals surface area contributed by atoms with Crippen LogP contribution in [-0.4, -0.2) is 40.9 Å². The maximum atomic E-state index is 14.2. The monoisotopic (exact) mass is 497 g/mol. The smallest absolute Gasteiger partial charge is 0.322 e. The number of benzene rings is 2. The Labute approximate surface area is 195 Å². The minimum atomic E-state index is -3.09. The van der Waals surface area contributed by atoms with Crippen LogP contribution in [0.25, 0.3) is 10.8 Å². The first-order chi connectivity index (χ1) is 16.6. The lowest BCUT2D eigenvalue weighted by atomic mass is 9.95. The average Bonchev–Trinajstić information content (AvgIpc) is 2.83. The number of hydrogen-bond donors (Lipinski definition) is 2. The van der Waals surface area contributed by atoms with E-state index in [0.717, 1.165) is 35.2 Å². The van der Waals surface area contributed by atoms with Crippen molar-refractivity contribution in [3.8, 4) is 0 Å². The first kappa shape index (κ1) is 24.6. The number of likely N-dealkylation sites (N-methyl/N-ethyl adjacent to an activating group) is 1. The highest BCUT2D eigenvalue weighted by Gasteiger charge is 2.33. The molecule has 1 aliphatic rings. The van der Waals surface area contributed by atoms with E-state index in [-0.39, 0.29) is 41.9 Å². The van der Waals surface area contributed by atoms with E-state index in [4.69, 9.17) is 4.74 Å². The Morgan fingerprint density at radius 3 is 2.51 bits per heavy atom. The molecule has 1 aliphatic heterocycles. The largest absolute Gasteiger partial charge is 0.395 e. The molecule has 12 heteroatoms. The highest BCUT2D eigenvalue weighted by Crippen LogP contribution is 2.35. The van der Waals surface area contributed by atoms with Crippen LogP contribution in [0.4, 0.5) is 32.4 Å². The molecule has 2 amide bonds. The third kappa shape index (κ3) is 4.46. The summed E-state index contributed by atoms with van der Waals surface area (Å²) in [6, 6.07) is 2.68. The molecule has 7 nitrogen and oxygen atoms in total. The highest BCUT2D eigenvalue weighted by molar-refractivity contribution is 5.91. The normalized spacial score (nSPS) is 15.4. The number of aliphatic hydroxyl groups is 1. The minimum Gasteiger partial charge on any atom is -0.395 e. The zero-order valence-electron chi connectivity index (χ0n) is 18.3. The summed E-state index contributed by atoms with van der Waals surface area (Å²) in [4.78, 5) is 27.1. The second-order valence-electron chi connectivity index (χ2n) is 7.96. The number of fused-ring (bicyclic) bond motifs is 3. The van der Waals surface area contributed by atoms with Gasteiger partial charge in [0.15, 0.2) is 11.6 Å². The van der Waals surface area contributed by atoms with Crippen LogP contribution in [-0.2, 0) is 17.9 Å². The van der Waals surface area contributed by atoms with Crippen LogP contribution in [0.3, 0.4) is 0 Å². The van der Waals surface area contributed by atoms with Crippen molar-refractivity contribution in [2.45, 2.75) is 25.6 Å². The Balaban J connectivity index is 1.78. The number of nitrogens with one attached hydrogen (secondary N) is 1. The van der Waals surface area contributed by atoms with Gasteiger partial charge in [-0.25, -0.2) is 26.7 Å². The molecule has 0 aliphatic carbocycles. The number of ether oxygens (including phenoxy) is 1. The molecule has 3 aromatic rings. The molecule has 0 spiro atoms. The number of nitrogens with zero attached hydrogens (tertiary/aromatic N) is 2. The van der Waals surface area contributed by atoms with Gasteiger partial charge in [-0.2, -0.15) is 0 Å². The zero-order valence-corrected chi connectivity index (χ0v) is 18.3. The lowest BCUT2D eigenvalue weighted by molar-refractivity contribution is 0.0493. The summed E-state index contributed by atoms with van der Waals surface area (Å²) in [5.41, 5.74) is -1.02. The fourth-order valence-corrected chi connectivity index (χ4v) is 4.18. The van der Waals surface area contributed by atoms with Gasteiger partial charge in [0.25, 0.3) is 12.0 Å². The van der Waals surface area contributed by atoms with Gasteiger partial charge in [0, 0.05) is 24.8 Å². The van der Waals surface area contributed by atoms with Gasteiger partial charge in [-0.1, -0.05) is 0 Å². The van der Waals surface area contributed by atoms with Crippen molar-refractivity contribution in [2.24, 2.45) is 0 Å². The summed E-state index contributed by atoms with van der Waals surface area (Å²) < 4.78 is 74.5. The molecule has 0 unspecified atom stereocenters. The quantitative estimate of drug-likeness (QED) is 0.521. The molecule has 0 saturated carbocycles. The van der Waals surface area contributed by atoms with Gasteiger partial charge in [0.1, 0.15) is 5.82 Å². The lowest BCUT2D eigenvalue weighted by Gasteiger charge is -2.35. The number of pyridine rings is 1. The van der Waals surface area contributed by atoms with Crippen LogP contribution in [0.5, 0.6) is 0 Å². The molecular formula is C23H20F5N3O4. The molecule has 186 valence electrons. The average molecular weight is 497 g/mol. The van der Waals surface area contributed by atoms with Crippen molar-refractivity contribution in [3.63, 3.8) is 0 Å². The van der Waals surface area contributed by atoms with Gasteiger partial charge in [-0.15, -0.1) is 0 Å². The number of carbonyl (C=O) groups is 1. The van der Waals surface area contributed by atoms with Gasteiger partial charge < -0.3 is 24.6 Å². The molecule has 1 aromatic heterocycles. The Kier molecular flexibility index (Phi) is 6.77. The van der Waals surface area contributed by atoms with Crippen LogP contribution in [0.1, 0.15) is 29.3 Å². The second kappa shape index (κ2) is 9.62. The number of urea groups is 1. The third-order valence-corrected chi connectivity index (χ3v) is 5.90. The van der Waals surface area contributed by atoms with Gasteiger partial charge >= 0.3 is 6.03 Å². The molecule has 2 N–H and O–H groups in total. The Bertz CT molecular complexity index is 1360. The van der Waals surface area contributed by atoms with Crippen molar-refractivity contribution in [2.75, 3.05) is 25.6 Å². The van der Waals surface area contributed by atoms with Crippen molar-refractivity contribution in [1.82, 2.24) is 9.47 Å². The van der Waals surface area contributed by atoms with E-state index in [0.29, 0.717) is 5.56 Å². The van der Waals surface area contributed by atoms with Crippen molar-refractivity contribution in [3.05, 3.63) is 75.0 Å². The molecule has 4 rings (SSSR count). The zero-order chi connectivity index (χ0) is 25.4. The number of anilines is 1. The Morgan fingerprint density at radius 2 is 1.86 bits per heavy atom.